The number of carbonyl (C=O) groups excluding carboxylic acids is 2. The molecule has 0 aromatic heterocycles. The van der Waals surface area contributed by atoms with Gasteiger partial charge in [0, 0.05) is 25.3 Å². The van der Waals surface area contributed by atoms with E-state index in [0.717, 1.165) is 30.6 Å². The topological polar surface area (TPSA) is 87.7 Å². The van der Waals surface area contributed by atoms with Crippen molar-refractivity contribution in [3.05, 3.63) is 64.7 Å². The van der Waals surface area contributed by atoms with Gasteiger partial charge in [-0.05, 0) is 49.6 Å². The highest BCUT2D eigenvalue weighted by atomic mass is 16.5. The fraction of sp³-hybridized carbons (Fsp3) is 0.333. The lowest BCUT2D eigenvalue weighted by molar-refractivity contribution is 0.0857. The number of hydrogen-bond donors (Lipinski definition) is 3. The number of aromatic hydroxyl groups is 1. The van der Waals surface area contributed by atoms with Crippen LogP contribution >= 0.6 is 0 Å². The third-order valence-electron chi connectivity index (χ3n) is 4.55. The highest BCUT2D eigenvalue weighted by Crippen LogP contribution is 2.18. The first-order chi connectivity index (χ1) is 13.0. The normalized spacial score (nSPS) is 16.1. The Morgan fingerprint density at radius 1 is 1.15 bits per heavy atom. The summed E-state index contributed by atoms with van der Waals surface area (Å²) in [6.45, 7) is 3.38. The lowest BCUT2D eigenvalue weighted by atomic mass is 10.1. The predicted molar refractivity (Wildman–Crippen MR) is 102 cm³/mol. The van der Waals surface area contributed by atoms with Crippen LogP contribution in [-0.4, -0.2) is 36.2 Å². The molecule has 2 aromatic carbocycles. The zero-order valence-electron chi connectivity index (χ0n) is 15.3. The van der Waals surface area contributed by atoms with Gasteiger partial charge in [-0.15, -0.1) is 0 Å². The Bertz CT molecular complexity index is 829. The van der Waals surface area contributed by atoms with E-state index in [1.807, 2.05) is 13.0 Å². The van der Waals surface area contributed by atoms with Crippen LogP contribution < -0.4 is 10.6 Å². The first-order valence-electron chi connectivity index (χ1n) is 9.09. The molecule has 2 amide bonds. The van der Waals surface area contributed by atoms with Crippen molar-refractivity contribution in [1.29, 1.82) is 0 Å². The molecule has 1 saturated heterocycles. The van der Waals surface area contributed by atoms with Gasteiger partial charge in [-0.25, -0.2) is 0 Å². The van der Waals surface area contributed by atoms with E-state index in [9.17, 15) is 14.7 Å². The summed E-state index contributed by atoms with van der Waals surface area (Å²) in [7, 11) is 0. The van der Waals surface area contributed by atoms with Crippen molar-refractivity contribution in [2.24, 2.45) is 0 Å². The van der Waals surface area contributed by atoms with Crippen LogP contribution in [0.2, 0.25) is 0 Å². The van der Waals surface area contributed by atoms with E-state index in [4.69, 9.17) is 4.74 Å². The number of benzene rings is 2. The highest BCUT2D eigenvalue weighted by Gasteiger charge is 2.17. The zero-order valence-corrected chi connectivity index (χ0v) is 15.3. The highest BCUT2D eigenvalue weighted by molar-refractivity contribution is 5.97. The van der Waals surface area contributed by atoms with E-state index in [0.29, 0.717) is 12.1 Å². The van der Waals surface area contributed by atoms with Gasteiger partial charge in [0.05, 0.1) is 11.7 Å². The largest absolute Gasteiger partial charge is 0.507 e. The van der Waals surface area contributed by atoms with E-state index in [2.05, 4.69) is 10.6 Å². The summed E-state index contributed by atoms with van der Waals surface area (Å²) in [6, 6.07) is 12.0. The van der Waals surface area contributed by atoms with Crippen molar-refractivity contribution in [1.82, 2.24) is 10.6 Å². The minimum Gasteiger partial charge on any atom is -0.507 e. The van der Waals surface area contributed by atoms with Gasteiger partial charge in [0.1, 0.15) is 5.75 Å². The minimum atomic E-state index is -0.357. The summed E-state index contributed by atoms with van der Waals surface area (Å²) in [5, 5.41) is 15.5. The number of carbonyl (C=O) groups is 2. The number of amides is 2. The van der Waals surface area contributed by atoms with Crippen molar-refractivity contribution in [3.63, 3.8) is 0 Å². The van der Waals surface area contributed by atoms with Crippen LogP contribution in [0.4, 0.5) is 0 Å². The van der Waals surface area contributed by atoms with E-state index < -0.39 is 0 Å². The van der Waals surface area contributed by atoms with Gasteiger partial charge in [-0.2, -0.15) is 0 Å². The number of phenolic OH excluding ortho intramolecular Hbond substituents is 1. The number of ether oxygens (including phenoxy) is 1. The molecule has 1 heterocycles. The number of rotatable bonds is 6. The Balaban J connectivity index is 1.57. The average Bonchev–Trinajstić information content (AvgIpc) is 3.20. The van der Waals surface area contributed by atoms with Gasteiger partial charge in [0.15, 0.2) is 0 Å². The third-order valence-corrected chi connectivity index (χ3v) is 4.55. The molecule has 1 fully saturated rings. The van der Waals surface area contributed by atoms with Crippen LogP contribution in [0.25, 0.3) is 0 Å². The molecule has 1 aliphatic rings. The van der Waals surface area contributed by atoms with Crippen molar-refractivity contribution >= 4 is 11.8 Å². The van der Waals surface area contributed by atoms with Gasteiger partial charge in [-0.1, -0.05) is 23.8 Å². The number of aryl methyl sites for hydroxylation is 1. The van der Waals surface area contributed by atoms with Crippen molar-refractivity contribution in [3.8, 4) is 5.75 Å². The molecule has 0 bridgehead atoms. The molecule has 3 rings (SSSR count). The Kier molecular flexibility index (Phi) is 6.08. The van der Waals surface area contributed by atoms with Crippen LogP contribution in [0.5, 0.6) is 5.75 Å². The summed E-state index contributed by atoms with van der Waals surface area (Å²) in [6.07, 6.45) is 2.10. The maximum atomic E-state index is 12.3. The van der Waals surface area contributed by atoms with Crippen molar-refractivity contribution in [2.45, 2.75) is 32.4 Å². The number of hydrogen-bond acceptors (Lipinski definition) is 4. The summed E-state index contributed by atoms with van der Waals surface area (Å²) in [5.74, 6) is -0.570. The number of phenols is 1. The van der Waals surface area contributed by atoms with Crippen LogP contribution in [0.3, 0.4) is 0 Å². The molecule has 142 valence electrons. The van der Waals surface area contributed by atoms with E-state index >= 15 is 0 Å². The lowest BCUT2D eigenvalue weighted by Gasteiger charge is -2.12. The number of nitrogens with one attached hydrogen (secondary N) is 2. The fourth-order valence-electron chi connectivity index (χ4n) is 3.05. The maximum Gasteiger partial charge on any atom is 0.255 e. The second kappa shape index (κ2) is 8.68. The van der Waals surface area contributed by atoms with Crippen LogP contribution in [0.15, 0.2) is 42.5 Å². The fourth-order valence-corrected chi connectivity index (χ4v) is 3.05. The predicted octanol–water partition coefficient (Wildman–Crippen LogP) is 2.54. The van der Waals surface area contributed by atoms with Crippen LogP contribution in [0.1, 0.15) is 44.7 Å². The van der Waals surface area contributed by atoms with Gasteiger partial charge in [0.25, 0.3) is 11.8 Å². The monoisotopic (exact) mass is 368 g/mol. The Hall–Kier alpha value is -2.86. The molecule has 6 heteroatoms. The standard InChI is InChI=1S/C21H24N2O4/c1-14-7-8-19(24)18(10-14)21(26)22-12-15-4-2-5-16(11-15)20(25)23-13-17-6-3-9-27-17/h2,4-5,7-8,10-11,17,24H,3,6,9,12-13H2,1H3,(H,22,26)(H,23,25)/t17-/m1/s1. The minimum absolute atomic E-state index is 0.0552. The Morgan fingerprint density at radius 3 is 2.78 bits per heavy atom. The summed E-state index contributed by atoms with van der Waals surface area (Å²) in [4.78, 5) is 24.6. The first kappa shape index (κ1) is 18.9. The smallest absolute Gasteiger partial charge is 0.255 e. The second-order valence-electron chi connectivity index (χ2n) is 6.75. The maximum absolute atomic E-state index is 12.3. The molecule has 0 aliphatic carbocycles. The molecule has 3 N–H and O–H groups in total. The molecule has 0 radical (unpaired) electrons. The van der Waals surface area contributed by atoms with Crippen molar-refractivity contribution < 1.29 is 19.4 Å². The first-order valence-corrected chi connectivity index (χ1v) is 9.09. The van der Waals surface area contributed by atoms with Crippen LogP contribution in [0, 0.1) is 6.92 Å². The quantitative estimate of drug-likeness (QED) is 0.731. The zero-order chi connectivity index (χ0) is 19.2. The molecular formula is C21H24N2O4. The summed E-state index contributed by atoms with van der Waals surface area (Å²) >= 11 is 0. The molecule has 0 unspecified atom stereocenters. The third kappa shape index (κ3) is 5.08. The SMILES string of the molecule is Cc1ccc(O)c(C(=O)NCc2cccc(C(=O)NC[C@H]3CCCO3)c2)c1. The molecule has 2 aromatic rings. The Morgan fingerprint density at radius 2 is 2.00 bits per heavy atom. The molecule has 1 aliphatic heterocycles. The molecule has 27 heavy (non-hydrogen) atoms. The van der Waals surface area contributed by atoms with Gasteiger partial charge in [0.2, 0.25) is 0 Å². The molecule has 0 saturated carbocycles. The van der Waals surface area contributed by atoms with Gasteiger partial charge < -0.3 is 20.5 Å². The summed E-state index contributed by atoms with van der Waals surface area (Å²) in [5.41, 5.74) is 2.47. The van der Waals surface area contributed by atoms with E-state index in [-0.39, 0.29) is 35.8 Å². The van der Waals surface area contributed by atoms with Crippen molar-refractivity contribution in [2.75, 3.05) is 13.2 Å². The van der Waals surface area contributed by atoms with Gasteiger partial charge in [-0.3, -0.25) is 9.59 Å². The molecular weight excluding hydrogens is 344 g/mol. The summed E-state index contributed by atoms with van der Waals surface area (Å²) < 4.78 is 5.51. The average molecular weight is 368 g/mol. The lowest BCUT2D eigenvalue weighted by Crippen LogP contribution is -2.31. The van der Waals surface area contributed by atoms with E-state index in [1.165, 1.54) is 6.07 Å². The van der Waals surface area contributed by atoms with E-state index in [1.54, 1.807) is 30.3 Å². The van der Waals surface area contributed by atoms with Crippen LogP contribution in [-0.2, 0) is 11.3 Å². The second-order valence-corrected chi connectivity index (χ2v) is 6.75. The Labute approximate surface area is 158 Å². The molecule has 0 spiro atoms. The molecule has 1 atom stereocenters. The molecule has 6 nitrogen and oxygen atoms in total. The van der Waals surface area contributed by atoms with Gasteiger partial charge >= 0.3 is 0 Å².